The van der Waals surface area contributed by atoms with Crippen LogP contribution in [0.25, 0.3) is 0 Å². The largest absolute Gasteiger partial charge is 0.493 e. The Morgan fingerprint density at radius 3 is 2.41 bits per heavy atom. The second-order valence-corrected chi connectivity index (χ2v) is 13.5. The van der Waals surface area contributed by atoms with Gasteiger partial charge >= 0.3 is 0 Å². The summed E-state index contributed by atoms with van der Waals surface area (Å²) in [5.74, 6) is 0.180. The number of amides is 1. The number of benzene rings is 4. The third-order valence-corrected chi connectivity index (χ3v) is 9.81. The van der Waals surface area contributed by atoms with Crippen LogP contribution in [-0.2, 0) is 21.4 Å². The van der Waals surface area contributed by atoms with E-state index in [-0.39, 0.29) is 17.2 Å². The summed E-state index contributed by atoms with van der Waals surface area (Å²) in [5, 5.41) is 5.40. The van der Waals surface area contributed by atoms with Crippen molar-refractivity contribution in [2.45, 2.75) is 25.3 Å². The summed E-state index contributed by atoms with van der Waals surface area (Å²) in [6.45, 7) is 3.17. The van der Waals surface area contributed by atoms with Gasteiger partial charge < -0.3 is 9.47 Å². The van der Waals surface area contributed by atoms with E-state index in [1.54, 1.807) is 67.6 Å². The molecule has 4 aromatic carbocycles. The van der Waals surface area contributed by atoms with E-state index in [2.05, 4.69) is 26.5 Å². The molecule has 0 unspecified atom stereocenters. The Bertz CT molecular complexity index is 1820. The number of nitrogens with zero attached hydrogens (tertiary/aromatic N) is 2. The first-order valence-electron chi connectivity index (χ1n) is 13.0. The van der Waals surface area contributed by atoms with Crippen LogP contribution in [0.2, 0.25) is 15.1 Å². The summed E-state index contributed by atoms with van der Waals surface area (Å²) in [7, 11) is -2.63. The van der Waals surface area contributed by atoms with Crippen LogP contribution in [0.4, 0.5) is 5.69 Å². The van der Waals surface area contributed by atoms with Crippen molar-refractivity contribution in [1.82, 2.24) is 5.43 Å². The van der Waals surface area contributed by atoms with Crippen LogP contribution in [0.3, 0.4) is 0 Å². The van der Waals surface area contributed by atoms with Gasteiger partial charge in [0.25, 0.3) is 15.9 Å². The summed E-state index contributed by atoms with van der Waals surface area (Å²) in [6, 6.07) is 19.8. The molecule has 0 aromatic heterocycles. The molecule has 0 spiro atoms. The summed E-state index contributed by atoms with van der Waals surface area (Å²) in [4.78, 5) is 13.1. The Balaban J connectivity index is 1.51. The van der Waals surface area contributed by atoms with Gasteiger partial charge in [-0.3, -0.25) is 9.10 Å². The van der Waals surface area contributed by atoms with Crippen LogP contribution in [0.15, 0.2) is 87.3 Å². The van der Waals surface area contributed by atoms with Crippen LogP contribution in [0, 0.1) is 13.8 Å². The normalized spacial score (nSPS) is 11.4. The van der Waals surface area contributed by atoms with Crippen molar-refractivity contribution in [3.63, 3.8) is 0 Å². The second-order valence-electron chi connectivity index (χ2n) is 9.56. The van der Waals surface area contributed by atoms with Gasteiger partial charge in [-0.2, -0.15) is 5.10 Å². The molecule has 0 saturated heterocycles. The SMILES string of the molecule is COc1cc(/C=N\NC(=O)CN(c2cccc(Cl)c2C)S(=O)(=O)c2ccc(C)cc2)cc(Br)c1OCc1ccc(Cl)cc1Cl. The van der Waals surface area contributed by atoms with Gasteiger partial charge in [0.05, 0.1) is 28.4 Å². The van der Waals surface area contributed by atoms with E-state index >= 15 is 0 Å². The van der Waals surface area contributed by atoms with Crippen molar-refractivity contribution in [3.05, 3.63) is 115 Å². The van der Waals surface area contributed by atoms with Crippen LogP contribution < -0.4 is 19.2 Å². The standard InChI is InChI=1S/C31H27BrCl3N3O5S/c1-19-7-11-24(12-8-19)44(40,41)38(28-6-4-5-26(34)20(28)2)17-30(39)37-36-16-21-13-25(32)31(29(14-21)42-3)43-18-22-9-10-23(33)15-27(22)35/h4-16H,17-18H2,1-3H3,(H,37,39)/b36-16-. The fourth-order valence-electron chi connectivity index (χ4n) is 4.09. The zero-order chi connectivity index (χ0) is 32.0. The number of carbonyl (C=O) groups is 1. The van der Waals surface area contributed by atoms with Crippen molar-refractivity contribution in [1.29, 1.82) is 0 Å². The molecule has 0 radical (unpaired) electrons. The number of ether oxygens (including phenoxy) is 2. The maximum absolute atomic E-state index is 13.7. The Labute approximate surface area is 279 Å². The number of nitrogens with one attached hydrogen (secondary N) is 1. The molecule has 1 amide bonds. The number of halogens is 4. The zero-order valence-corrected chi connectivity index (χ0v) is 28.4. The van der Waals surface area contributed by atoms with Crippen molar-refractivity contribution in [3.8, 4) is 11.5 Å². The molecule has 0 aliphatic rings. The predicted octanol–water partition coefficient (Wildman–Crippen LogP) is 7.96. The fourth-order valence-corrected chi connectivity index (χ4v) is 6.78. The van der Waals surface area contributed by atoms with Gasteiger partial charge in [0.15, 0.2) is 11.5 Å². The molecule has 4 aromatic rings. The molecule has 0 aliphatic heterocycles. The van der Waals surface area contributed by atoms with Gasteiger partial charge in [-0.15, -0.1) is 0 Å². The number of hydrogen-bond acceptors (Lipinski definition) is 6. The van der Waals surface area contributed by atoms with E-state index in [0.29, 0.717) is 42.2 Å². The van der Waals surface area contributed by atoms with Gasteiger partial charge in [0.2, 0.25) is 0 Å². The van der Waals surface area contributed by atoms with Crippen molar-refractivity contribution >= 4 is 78.6 Å². The second kappa shape index (κ2) is 14.7. The van der Waals surface area contributed by atoms with E-state index in [0.717, 1.165) is 15.4 Å². The van der Waals surface area contributed by atoms with E-state index in [1.165, 1.54) is 25.5 Å². The maximum Gasteiger partial charge on any atom is 0.264 e. The molecule has 0 saturated carbocycles. The van der Waals surface area contributed by atoms with Crippen molar-refractivity contribution < 1.29 is 22.7 Å². The lowest BCUT2D eigenvalue weighted by atomic mass is 10.2. The number of carbonyl (C=O) groups excluding carboxylic acids is 1. The number of hydrogen-bond donors (Lipinski definition) is 1. The van der Waals surface area contributed by atoms with E-state index in [4.69, 9.17) is 44.3 Å². The van der Waals surface area contributed by atoms with Gasteiger partial charge in [0.1, 0.15) is 13.2 Å². The lowest BCUT2D eigenvalue weighted by molar-refractivity contribution is -0.119. The molecule has 0 fully saturated rings. The molecule has 230 valence electrons. The van der Waals surface area contributed by atoms with Crippen molar-refractivity contribution in [2.75, 3.05) is 18.0 Å². The Morgan fingerprint density at radius 1 is 1.00 bits per heavy atom. The summed E-state index contributed by atoms with van der Waals surface area (Å²) >= 11 is 22.0. The highest BCUT2D eigenvalue weighted by molar-refractivity contribution is 9.10. The molecule has 1 N–H and O–H groups in total. The first kappa shape index (κ1) is 33.6. The quantitative estimate of drug-likeness (QED) is 0.124. The highest BCUT2D eigenvalue weighted by atomic mass is 79.9. The average molecular weight is 740 g/mol. The Hall–Kier alpha value is -3.28. The van der Waals surface area contributed by atoms with Crippen LogP contribution in [0.1, 0.15) is 22.3 Å². The molecule has 4 rings (SSSR count). The summed E-state index contributed by atoms with van der Waals surface area (Å²) in [5.41, 5.74) is 5.41. The number of hydrazone groups is 1. The number of anilines is 1. The molecular formula is C31H27BrCl3N3O5S. The molecule has 44 heavy (non-hydrogen) atoms. The third-order valence-electron chi connectivity index (χ3n) is 6.45. The first-order valence-corrected chi connectivity index (χ1v) is 16.4. The molecule has 0 atom stereocenters. The molecule has 8 nitrogen and oxygen atoms in total. The third kappa shape index (κ3) is 8.05. The number of methoxy groups -OCH3 is 1. The average Bonchev–Trinajstić information content (AvgIpc) is 2.97. The van der Waals surface area contributed by atoms with Gasteiger partial charge in [-0.1, -0.05) is 64.6 Å². The van der Waals surface area contributed by atoms with E-state index < -0.39 is 22.5 Å². The zero-order valence-electron chi connectivity index (χ0n) is 23.8. The predicted molar refractivity (Wildman–Crippen MR) is 179 cm³/mol. The highest BCUT2D eigenvalue weighted by Gasteiger charge is 2.28. The summed E-state index contributed by atoms with van der Waals surface area (Å²) < 4.78 is 40.4. The first-order chi connectivity index (χ1) is 20.9. The fraction of sp³-hybridized carbons (Fsp3) is 0.161. The maximum atomic E-state index is 13.7. The Kier molecular flexibility index (Phi) is 11.2. The lowest BCUT2D eigenvalue weighted by Crippen LogP contribution is -2.40. The monoisotopic (exact) mass is 737 g/mol. The topological polar surface area (TPSA) is 97.3 Å². The van der Waals surface area contributed by atoms with Gasteiger partial charge in [-0.25, -0.2) is 13.8 Å². The minimum absolute atomic E-state index is 0.0383. The van der Waals surface area contributed by atoms with Crippen LogP contribution in [-0.4, -0.2) is 34.2 Å². The van der Waals surface area contributed by atoms with Gasteiger partial charge in [-0.05, 0) is 89.4 Å². The van der Waals surface area contributed by atoms with E-state index in [1.807, 2.05) is 6.92 Å². The highest BCUT2D eigenvalue weighted by Crippen LogP contribution is 2.37. The molecular weight excluding hydrogens is 713 g/mol. The molecule has 0 bridgehead atoms. The minimum Gasteiger partial charge on any atom is -0.493 e. The smallest absolute Gasteiger partial charge is 0.264 e. The van der Waals surface area contributed by atoms with Crippen LogP contribution in [0.5, 0.6) is 11.5 Å². The summed E-state index contributed by atoms with van der Waals surface area (Å²) in [6.07, 6.45) is 1.40. The number of rotatable bonds is 11. The van der Waals surface area contributed by atoms with E-state index in [9.17, 15) is 13.2 Å². The molecule has 0 aliphatic carbocycles. The number of sulfonamides is 1. The lowest BCUT2D eigenvalue weighted by Gasteiger charge is -2.25. The van der Waals surface area contributed by atoms with Crippen LogP contribution >= 0.6 is 50.7 Å². The molecule has 13 heteroatoms. The van der Waals surface area contributed by atoms with Crippen molar-refractivity contribution in [2.24, 2.45) is 5.10 Å². The van der Waals surface area contributed by atoms with Gasteiger partial charge in [0, 0.05) is 20.6 Å². The molecule has 0 heterocycles. The number of aryl methyl sites for hydroxylation is 1. The Morgan fingerprint density at radius 2 is 1.73 bits per heavy atom. The minimum atomic E-state index is -4.12.